The topological polar surface area (TPSA) is 79.3 Å². The second kappa shape index (κ2) is 5.52. The Morgan fingerprint density at radius 1 is 1.14 bits per heavy atom. The highest BCUT2D eigenvalue weighted by Gasteiger charge is 2.30. The van der Waals surface area contributed by atoms with Crippen LogP contribution >= 0.6 is 0 Å². The first kappa shape index (κ1) is 13.5. The van der Waals surface area contributed by atoms with E-state index in [0.29, 0.717) is 25.0 Å². The number of hydrogen-bond donors (Lipinski definition) is 2. The van der Waals surface area contributed by atoms with Crippen LogP contribution in [0, 0.1) is 5.92 Å². The maximum Gasteiger partial charge on any atom is 0.306 e. The van der Waals surface area contributed by atoms with Crippen LogP contribution < -0.4 is 5.32 Å². The summed E-state index contributed by atoms with van der Waals surface area (Å²) < 4.78 is 0. The van der Waals surface area contributed by atoms with Gasteiger partial charge in [0.15, 0.2) is 0 Å². The Morgan fingerprint density at radius 2 is 1.95 bits per heavy atom. The fourth-order valence-corrected chi connectivity index (χ4v) is 2.79. The van der Waals surface area contributed by atoms with Crippen molar-refractivity contribution < 1.29 is 14.7 Å². The number of nitrogens with zero attached hydrogens (tertiary/aromatic N) is 1. The molecule has 1 aliphatic carbocycles. The van der Waals surface area contributed by atoms with Gasteiger partial charge in [0.1, 0.15) is 5.69 Å². The van der Waals surface area contributed by atoms with Crippen LogP contribution in [0.4, 0.5) is 0 Å². The molecule has 0 radical (unpaired) electrons. The Kier molecular flexibility index (Phi) is 3.56. The number of carbonyl (C=O) groups excluding carboxylic acids is 1. The lowest BCUT2D eigenvalue weighted by molar-refractivity contribution is -0.141. The summed E-state index contributed by atoms with van der Waals surface area (Å²) in [6, 6.07) is 11.1. The second-order valence-electron chi connectivity index (χ2n) is 5.41. The summed E-state index contributed by atoms with van der Waals surface area (Å²) in [6.07, 6.45) is 1.82. The maximum absolute atomic E-state index is 12.2. The van der Waals surface area contributed by atoms with E-state index >= 15 is 0 Å². The zero-order valence-electron chi connectivity index (χ0n) is 11.5. The average molecular weight is 284 g/mol. The summed E-state index contributed by atoms with van der Waals surface area (Å²) >= 11 is 0. The van der Waals surface area contributed by atoms with Gasteiger partial charge < -0.3 is 10.4 Å². The monoisotopic (exact) mass is 284 g/mol. The van der Waals surface area contributed by atoms with Gasteiger partial charge in [0.25, 0.3) is 5.91 Å². The van der Waals surface area contributed by atoms with Crippen LogP contribution in [0.3, 0.4) is 0 Å². The summed E-state index contributed by atoms with van der Waals surface area (Å²) in [6.45, 7) is 0. The van der Waals surface area contributed by atoms with E-state index in [-0.39, 0.29) is 17.9 Å². The zero-order valence-corrected chi connectivity index (χ0v) is 11.5. The van der Waals surface area contributed by atoms with Crippen LogP contribution in [0.2, 0.25) is 0 Å². The standard InChI is InChI=1S/C16H16N2O3/c19-15(17-12-7-5-11(9-12)16(20)21)14-8-6-10-3-1-2-4-13(10)18-14/h1-4,6,8,11-12H,5,7,9H2,(H,17,19)(H,20,21)/t11-,12+/m1/s1. The summed E-state index contributed by atoms with van der Waals surface area (Å²) in [7, 11) is 0. The van der Waals surface area contributed by atoms with E-state index < -0.39 is 5.97 Å². The molecule has 2 N–H and O–H groups in total. The van der Waals surface area contributed by atoms with Crippen molar-refractivity contribution in [2.75, 3.05) is 0 Å². The van der Waals surface area contributed by atoms with Crippen molar-refractivity contribution in [3.63, 3.8) is 0 Å². The Labute approximate surface area is 122 Å². The minimum atomic E-state index is -0.782. The molecule has 0 aliphatic heterocycles. The van der Waals surface area contributed by atoms with Crippen molar-refractivity contribution in [1.29, 1.82) is 0 Å². The predicted molar refractivity (Wildman–Crippen MR) is 78.0 cm³/mol. The normalized spacial score (nSPS) is 21.3. The number of nitrogens with one attached hydrogen (secondary N) is 1. The van der Waals surface area contributed by atoms with Gasteiger partial charge in [0.05, 0.1) is 11.4 Å². The van der Waals surface area contributed by atoms with Gasteiger partial charge in [-0.1, -0.05) is 24.3 Å². The molecular formula is C16H16N2O3. The van der Waals surface area contributed by atoms with E-state index in [2.05, 4.69) is 10.3 Å². The molecule has 5 nitrogen and oxygen atoms in total. The molecule has 1 fully saturated rings. The number of rotatable bonds is 3. The van der Waals surface area contributed by atoms with Crippen LogP contribution in [0.15, 0.2) is 36.4 Å². The van der Waals surface area contributed by atoms with Gasteiger partial charge in [-0.15, -0.1) is 0 Å². The van der Waals surface area contributed by atoms with E-state index in [9.17, 15) is 9.59 Å². The molecule has 1 saturated carbocycles. The van der Waals surface area contributed by atoms with E-state index in [1.807, 2.05) is 30.3 Å². The highest BCUT2D eigenvalue weighted by atomic mass is 16.4. The Hall–Kier alpha value is -2.43. The third kappa shape index (κ3) is 2.86. The first-order valence-electron chi connectivity index (χ1n) is 7.03. The summed E-state index contributed by atoms with van der Waals surface area (Å²) in [5, 5.41) is 12.8. The molecule has 1 aliphatic rings. The van der Waals surface area contributed by atoms with Crippen LogP contribution in [0.5, 0.6) is 0 Å². The molecular weight excluding hydrogens is 268 g/mol. The molecule has 2 atom stereocenters. The average Bonchev–Trinajstić information content (AvgIpc) is 2.95. The van der Waals surface area contributed by atoms with Crippen molar-refractivity contribution in [2.24, 2.45) is 5.92 Å². The first-order valence-corrected chi connectivity index (χ1v) is 7.03. The Bertz CT molecular complexity index is 699. The lowest BCUT2D eigenvalue weighted by Crippen LogP contribution is -2.33. The Balaban J connectivity index is 1.71. The summed E-state index contributed by atoms with van der Waals surface area (Å²) in [5.74, 6) is -1.37. The van der Waals surface area contributed by atoms with E-state index in [1.54, 1.807) is 6.07 Å². The van der Waals surface area contributed by atoms with Crippen molar-refractivity contribution in [2.45, 2.75) is 25.3 Å². The van der Waals surface area contributed by atoms with Gasteiger partial charge in [0.2, 0.25) is 0 Å². The molecule has 1 heterocycles. The SMILES string of the molecule is O=C(N[C@H]1CC[C@@H](C(=O)O)C1)c1ccc2ccccc2n1. The number of hydrogen-bond acceptors (Lipinski definition) is 3. The Morgan fingerprint density at radius 3 is 2.71 bits per heavy atom. The van der Waals surface area contributed by atoms with Gasteiger partial charge in [-0.25, -0.2) is 4.98 Å². The number of para-hydroxylation sites is 1. The van der Waals surface area contributed by atoms with E-state index in [1.165, 1.54) is 0 Å². The second-order valence-corrected chi connectivity index (χ2v) is 5.41. The third-order valence-corrected chi connectivity index (χ3v) is 3.95. The molecule has 3 rings (SSSR count). The van der Waals surface area contributed by atoms with Gasteiger partial charge >= 0.3 is 5.97 Å². The van der Waals surface area contributed by atoms with Crippen LogP contribution in [-0.2, 0) is 4.79 Å². The highest BCUT2D eigenvalue weighted by Crippen LogP contribution is 2.25. The molecule has 1 amide bonds. The largest absolute Gasteiger partial charge is 0.481 e. The molecule has 0 unspecified atom stereocenters. The summed E-state index contributed by atoms with van der Waals surface area (Å²) in [5.41, 5.74) is 1.15. The molecule has 108 valence electrons. The van der Waals surface area contributed by atoms with Gasteiger partial charge in [0, 0.05) is 11.4 Å². The molecule has 21 heavy (non-hydrogen) atoms. The summed E-state index contributed by atoms with van der Waals surface area (Å²) in [4.78, 5) is 27.5. The van der Waals surface area contributed by atoms with Crippen LogP contribution in [0.1, 0.15) is 29.8 Å². The molecule has 2 aromatic rings. The molecule has 1 aromatic carbocycles. The number of carboxylic acid groups (broad SMARTS) is 1. The zero-order chi connectivity index (χ0) is 14.8. The van der Waals surface area contributed by atoms with Crippen molar-refractivity contribution in [3.8, 4) is 0 Å². The van der Waals surface area contributed by atoms with Crippen molar-refractivity contribution >= 4 is 22.8 Å². The number of amides is 1. The van der Waals surface area contributed by atoms with Gasteiger partial charge in [-0.3, -0.25) is 9.59 Å². The van der Waals surface area contributed by atoms with Gasteiger partial charge in [-0.2, -0.15) is 0 Å². The van der Waals surface area contributed by atoms with Crippen LogP contribution in [0.25, 0.3) is 10.9 Å². The van der Waals surface area contributed by atoms with E-state index in [4.69, 9.17) is 5.11 Å². The fourth-order valence-electron chi connectivity index (χ4n) is 2.79. The molecule has 0 bridgehead atoms. The fraction of sp³-hybridized carbons (Fsp3) is 0.312. The molecule has 0 spiro atoms. The van der Waals surface area contributed by atoms with E-state index in [0.717, 1.165) is 10.9 Å². The molecule has 1 aromatic heterocycles. The minimum absolute atomic E-state index is 0.0770. The number of benzene rings is 1. The number of aromatic nitrogens is 1. The lowest BCUT2D eigenvalue weighted by atomic mass is 10.1. The third-order valence-electron chi connectivity index (χ3n) is 3.95. The van der Waals surface area contributed by atoms with Crippen LogP contribution in [-0.4, -0.2) is 28.0 Å². The maximum atomic E-state index is 12.2. The minimum Gasteiger partial charge on any atom is -0.481 e. The number of carbonyl (C=O) groups is 2. The van der Waals surface area contributed by atoms with Gasteiger partial charge in [-0.05, 0) is 31.4 Å². The highest BCUT2D eigenvalue weighted by molar-refractivity contribution is 5.95. The number of fused-ring (bicyclic) bond motifs is 1. The number of carboxylic acids is 1. The number of aliphatic carboxylic acids is 1. The quantitative estimate of drug-likeness (QED) is 0.905. The molecule has 5 heteroatoms. The molecule has 0 saturated heterocycles. The predicted octanol–water partition coefficient (Wildman–Crippen LogP) is 2.22. The first-order chi connectivity index (χ1) is 10.1. The number of pyridine rings is 1. The smallest absolute Gasteiger partial charge is 0.306 e. The lowest BCUT2D eigenvalue weighted by Gasteiger charge is -2.12. The van der Waals surface area contributed by atoms with Crippen molar-refractivity contribution in [1.82, 2.24) is 10.3 Å². The van der Waals surface area contributed by atoms with Crippen molar-refractivity contribution in [3.05, 3.63) is 42.1 Å².